The molecular weight excluding hydrogens is 434 g/mol. The van der Waals surface area contributed by atoms with Crippen molar-refractivity contribution >= 4 is 23.0 Å². The Hall–Kier alpha value is -5.20. The minimum atomic E-state index is -0.805. The van der Waals surface area contributed by atoms with Crippen molar-refractivity contribution < 1.29 is 19.4 Å². The lowest BCUT2D eigenvalue weighted by atomic mass is 10.1. The highest BCUT2D eigenvalue weighted by Gasteiger charge is 2.20. The number of hydrogen-bond acceptors (Lipinski definition) is 9. The molecule has 0 saturated heterocycles. The van der Waals surface area contributed by atoms with Crippen LogP contribution in [0.4, 0.5) is 17.1 Å². The lowest BCUT2D eigenvalue weighted by Crippen LogP contribution is -2.12. The summed E-state index contributed by atoms with van der Waals surface area (Å²) in [4.78, 5) is 36.8. The second kappa shape index (κ2) is 8.89. The van der Waals surface area contributed by atoms with Gasteiger partial charge in [-0.1, -0.05) is 0 Å². The van der Waals surface area contributed by atoms with Crippen LogP contribution in [0, 0.1) is 20.2 Å². The molecule has 33 heavy (non-hydrogen) atoms. The van der Waals surface area contributed by atoms with Gasteiger partial charge in [-0.15, -0.1) is 10.2 Å². The van der Waals surface area contributed by atoms with E-state index in [0.717, 1.165) is 18.2 Å². The molecule has 0 aliphatic rings. The van der Waals surface area contributed by atoms with E-state index in [2.05, 4.69) is 20.5 Å². The van der Waals surface area contributed by atoms with Crippen molar-refractivity contribution in [2.24, 2.45) is 0 Å². The van der Waals surface area contributed by atoms with Crippen LogP contribution in [0.3, 0.4) is 0 Å². The summed E-state index contributed by atoms with van der Waals surface area (Å²) in [6.45, 7) is 0. The van der Waals surface area contributed by atoms with Crippen LogP contribution < -0.4 is 10.1 Å². The number of aromatic nitrogens is 4. The fraction of sp³-hybridized carbons (Fsp3) is 0. The first-order valence-electron chi connectivity index (χ1n) is 9.24. The van der Waals surface area contributed by atoms with Gasteiger partial charge in [-0.2, -0.15) is 0 Å². The van der Waals surface area contributed by atoms with E-state index in [1.165, 1.54) is 12.1 Å². The number of nitro groups is 2. The van der Waals surface area contributed by atoms with Crippen LogP contribution in [0.25, 0.3) is 5.82 Å². The van der Waals surface area contributed by atoms with E-state index >= 15 is 0 Å². The Balaban J connectivity index is 1.44. The molecule has 0 fully saturated rings. The lowest BCUT2D eigenvalue weighted by Gasteiger charge is -2.08. The van der Waals surface area contributed by atoms with Gasteiger partial charge in [0.15, 0.2) is 5.82 Å². The van der Waals surface area contributed by atoms with Gasteiger partial charge in [0.1, 0.15) is 12.1 Å². The molecule has 0 atom stereocenters. The molecule has 0 radical (unpaired) electrons. The highest BCUT2D eigenvalue weighted by molar-refractivity contribution is 6.05. The number of nitrogens with one attached hydrogen (secondary N) is 1. The van der Waals surface area contributed by atoms with Crippen molar-refractivity contribution in [1.29, 1.82) is 0 Å². The third-order valence-corrected chi connectivity index (χ3v) is 4.32. The molecule has 0 aliphatic carbocycles. The Kier molecular flexibility index (Phi) is 5.67. The molecule has 2 heterocycles. The number of nitrogens with zero attached hydrogens (tertiary/aromatic N) is 6. The van der Waals surface area contributed by atoms with Crippen LogP contribution >= 0.6 is 0 Å². The van der Waals surface area contributed by atoms with Gasteiger partial charge < -0.3 is 10.1 Å². The predicted octanol–water partition coefficient (Wildman–Crippen LogP) is 3.52. The van der Waals surface area contributed by atoms with Crippen molar-refractivity contribution in [3.05, 3.63) is 99.1 Å². The second-order valence-corrected chi connectivity index (χ2v) is 6.53. The van der Waals surface area contributed by atoms with Crippen LogP contribution in [0.1, 0.15) is 10.4 Å². The molecule has 0 spiro atoms. The fourth-order valence-corrected chi connectivity index (χ4v) is 2.77. The smallest absolute Gasteiger partial charge is 0.277 e. The predicted molar refractivity (Wildman–Crippen MR) is 113 cm³/mol. The summed E-state index contributed by atoms with van der Waals surface area (Å²) >= 11 is 0. The summed E-state index contributed by atoms with van der Waals surface area (Å²) in [6, 6.07) is 12.3. The van der Waals surface area contributed by atoms with Crippen molar-refractivity contribution in [2.45, 2.75) is 0 Å². The van der Waals surface area contributed by atoms with E-state index in [4.69, 9.17) is 4.74 Å². The standard InChI is InChI=1S/C20H13N7O6/c28-20(13-9-15(26(29)30)11-16(10-13)27(31)32)22-14-1-3-17(4-2-14)33-19-6-5-18(23-24-19)25-8-7-21-12-25/h1-12H,(H,22,28). The monoisotopic (exact) mass is 447 g/mol. The molecule has 4 rings (SSSR count). The van der Waals surface area contributed by atoms with Gasteiger partial charge in [-0.25, -0.2) is 4.98 Å². The fourth-order valence-electron chi connectivity index (χ4n) is 2.77. The van der Waals surface area contributed by atoms with E-state index < -0.39 is 27.1 Å². The van der Waals surface area contributed by atoms with Gasteiger partial charge in [0.2, 0.25) is 5.88 Å². The Bertz CT molecular complexity index is 1290. The van der Waals surface area contributed by atoms with Crippen molar-refractivity contribution in [3.8, 4) is 17.4 Å². The van der Waals surface area contributed by atoms with Gasteiger partial charge in [0.25, 0.3) is 17.3 Å². The summed E-state index contributed by atoms with van der Waals surface area (Å²) < 4.78 is 7.30. The van der Waals surface area contributed by atoms with E-state index in [0.29, 0.717) is 17.3 Å². The zero-order valence-corrected chi connectivity index (χ0v) is 16.6. The van der Waals surface area contributed by atoms with Crippen molar-refractivity contribution in [1.82, 2.24) is 19.7 Å². The summed E-state index contributed by atoms with van der Waals surface area (Å²) in [5, 5.41) is 32.6. The SMILES string of the molecule is O=C(Nc1ccc(Oc2ccc(-n3ccnc3)nn2)cc1)c1cc([N+](=O)[O-])cc([N+](=O)[O-])c1. The van der Waals surface area contributed by atoms with E-state index in [1.807, 2.05) is 0 Å². The largest absolute Gasteiger partial charge is 0.438 e. The zero-order chi connectivity index (χ0) is 23.4. The highest BCUT2D eigenvalue weighted by atomic mass is 16.6. The van der Waals surface area contributed by atoms with Gasteiger partial charge in [-0.3, -0.25) is 29.6 Å². The molecule has 13 heteroatoms. The van der Waals surface area contributed by atoms with Crippen molar-refractivity contribution in [3.63, 3.8) is 0 Å². The van der Waals surface area contributed by atoms with Crippen LogP contribution in [0.5, 0.6) is 11.6 Å². The molecule has 0 saturated carbocycles. The van der Waals surface area contributed by atoms with Gasteiger partial charge in [0, 0.05) is 36.3 Å². The molecule has 2 aromatic heterocycles. The lowest BCUT2D eigenvalue weighted by molar-refractivity contribution is -0.394. The number of anilines is 1. The minimum absolute atomic E-state index is 0.218. The number of amides is 1. The first-order valence-corrected chi connectivity index (χ1v) is 9.24. The summed E-state index contributed by atoms with van der Waals surface area (Å²) in [5.41, 5.74) is -0.982. The average molecular weight is 447 g/mol. The Labute approximate surface area is 184 Å². The Morgan fingerprint density at radius 1 is 0.939 bits per heavy atom. The Morgan fingerprint density at radius 2 is 1.64 bits per heavy atom. The number of rotatable bonds is 7. The van der Waals surface area contributed by atoms with Gasteiger partial charge >= 0.3 is 0 Å². The molecule has 1 N–H and O–H groups in total. The molecule has 164 valence electrons. The third-order valence-electron chi connectivity index (χ3n) is 4.32. The van der Waals surface area contributed by atoms with Crippen LogP contribution in [0.15, 0.2) is 73.3 Å². The molecule has 0 unspecified atom stereocenters. The summed E-state index contributed by atoms with van der Waals surface area (Å²) in [6.07, 6.45) is 4.93. The number of carbonyl (C=O) groups is 1. The van der Waals surface area contributed by atoms with Crippen LogP contribution in [-0.4, -0.2) is 35.5 Å². The number of carbonyl (C=O) groups excluding carboxylic acids is 1. The molecule has 1 amide bonds. The quantitative estimate of drug-likeness (QED) is 0.329. The molecule has 4 aromatic rings. The normalized spacial score (nSPS) is 10.4. The first kappa shape index (κ1) is 21.0. The van der Waals surface area contributed by atoms with Gasteiger partial charge in [-0.05, 0) is 30.3 Å². The number of nitro benzene ring substituents is 2. The maximum absolute atomic E-state index is 12.5. The average Bonchev–Trinajstić information content (AvgIpc) is 3.35. The highest BCUT2D eigenvalue weighted by Crippen LogP contribution is 2.25. The molecule has 0 aliphatic heterocycles. The Morgan fingerprint density at radius 3 is 2.18 bits per heavy atom. The zero-order valence-electron chi connectivity index (χ0n) is 16.6. The first-order chi connectivity index (χ1) is 15.9. The van der Waals surface area contributed by atoms with Crippen LogP contribution in [-0.2, 0) is 0 Å². The maximum Gasteiger partial charge on any atom is 0.277 e. The second-order valence-electron chi connectivity index (χ2n) is 6.53. The molecule has 13 nitrogen and oxygen atoms in total. The van der Waals surface area contributed by atoms with E-state index in [1.54, 1.807) is 47.6 Å². The van der Waals surface area contributed by atoms with E-state index in [-0.39, 0.29) is 11.4 Å². The third kappa shape index (κ3) is 4.93. The number of non-ortho nitro benzene ring substituents is 2. The molecule has 0 bridgehead atoms. The number of ether oxygens (including phenoxy) is 1. The molecular formula is C20H13N7O6. The number of hydrogen-bond donors (Lipinski definition) is 1. The number of benzene rings is 2. The summed E-state index contributed by atoms with van der Waals surface area (Å²) in [5.74, 6) is 0.499. The topological polar surface area (TPSA) is 168 Å². The van der Waals surface area contributed by atoms with Crippen molar-refractivity contribution in [2.75, 3.05) is 5.32 Å². The van der Waals surface area contributed by atoms with E-state index in [9.17, 15) is 25.0 Å². The molecule has 2 aromatic carbocycles. The number of imidazole rings is 1. The summed E-state index contributed by atoms with van der Waals surface area (Å²) in [7, 11) is 0. The van der Waals surface area contributed by atoms with Gasteiger partial charge in [0.05, 0.1) is 21.5 Å². The maximum atomic E-state index is 12.5. The minimum Gasteiger partial charge on any atom is -0.438 e. The van der Waals surface area contributed by atoms with Crippen LogP contribution in [0.2, 0.25) is 0 Å².